The number of hydrogen-bond donors (Lipinski definition) is 2. The fourth-order valence-corrected chi connectivity index (χ4v) is 3.33. The molecule has 1 aliphatic rings. The van der Waals surface area contributed by atoms with Crippen LogP contribution >= 0.6 is 0 Å². The minimum atomic E-state index is 0.00216. The van der Waals surface area contributed by atoms with Crippen molar-refractivity contribution in [1.29, 1.82) is 0 Å². The Morgan fingerprint density at radius 3 is 2.55 bits per heavy atom. The van der Waals surface area contributed by atoms with Crippen molar-refractivity contribution in [3.05, 3.63) is 66.0 Å². The number of carbonyl (C=O) groups excluding carboxylic acids is 1. The SMILES string of the molecule is CCNC(=NCC(=O)N(C)CCc1ccccn1)NCC1(c2ccccc2)CC1. The van der Waals surface area contributed by atoms with E-state index in [0.29, 0.717) is 12.5 Å². The number of aliphatic imine (C=N–C) groups is 1. The molecular weight excluding hydrogens is 362 g/mol. The predicted octanol–water partition coefficient (Wildman–Crippen LogP) is 2.37. The van der Waals surface area contributed by atoms with Crippen molar-refractivity contribution < 1.29 is 4.79 Å². The zero-order chi connectivity index (χ0) is 20.5. The van der Waals surface area contributed by atoms with Gasteiger partial charge in [0.1, 0.15) is 6.54 Å². The van der Waals surface area contributed by atoms with Gasteiger partial charge in [-0.25, -0.2) is 4.99 Å². The van der Waals surface area contributed by atoms with Gasteiger partial charge in [-0.15, -0.1) is 0 Å². The Balaban J connectivity index is 1.50. The Kier molecular flexibility index (Phi) is 7.22. The summed E-state index contributed by atoms with van der Waals surface area (Å²) < 4.78 is 0. The molecule has 0 saturated heterocycles. The molecule has 0 spiro atoms. The summed E-state index contributed by atoms with van der Waals surface area (Å²) in [5.41, 5.74) is 2.55. The number of hydrogen-bond acceptors (Lipinski definition) is 3. The monoisotopic (exact) mass is 393 g/mol. The van der Waals surface area contributed by atoms with Crippen LogP contribution in [0.5, 0.6) is 0 Å². The van der Waals surface area contributed by atoms with Crippen molar-refractivity contribution in [1.82, 2.24) is 20.5 Å². The Hall–Kier alpha value is -2.89. The Bertz CT molecular complexity index is 803. The second-order valence-corrected chi connectivity index (χ2v) is 7.58. The van der Waals surface area contributed by atoms with Gasteiger partial charge in [0.05, 0.1) is 0 Å². The molecule has 6 heteroatoms. The summed E-state index contributed by atoms with van der Waals surface area (Å²) in [4.78, 5) is 23.0. The normalized spacial score (nSPS) is 14.9. The van der Waals surface area contributed by atoms with Gasteiger partial charge >= 0.3 is 0 Å². The third kappa shape index (κ3) is 6.04. The van der Waals surface area contributed by atoms with Crippen molar-refractivity contribution in [2.45, 2.75) is 31.6 Å². The van der Waals surface area contributed by atoms with E-state index >= 15 is 0 Å². The summed E-state index contributed by atoms with van der Waals surface area (Å²) in [5, 5.41) is 6.68. The van der Waals surface area contributed by atoms with E-state index in [1.807, 2.05) is 32.2 Å². The van der Waals surface area contributed by atoms with E-state index in [9.17, 15) is 4.79 Å². The van der Waals surface area contributed by atoms with Gasteiger partial charge in [0, 0.05) is 50.4 Å². The Morgan fingerprint density at radius 2 is 1.90 bits per heavy atom. The molecule has 1 heterocycles. The fraction of sp³-hybridized carbons (Fsp3) is 0.435. The lowest BCUT2D eigenvalue weighted by molar-refractivity contribution is -0.128. The molecule has 3 rings (SSSR count). The van der Waals surface area contributed by atoms with Gasteiger partial charge in [-0.05, 0) is 37.5 Å². The van der Waals surface area contributed by atoms with Crippen LogP contribution in [0, 0.1) is 0 Å². The smallest absolute Gasteiger partial charge is 0.244 e. The number of pyridine rings is 1. The van der Waals surface area contributed by atoms with Crippen LogP contribution in [0.15, 0.2) is 59.7 Å². The fourth-order valence-electron chi connectivity index (χ4n) is 3.33. The molecule has 1 aliphatic carbocycles. The van der Waals surface area contributed by atoms with E-state index in [1.165, 1.54) is 18.4 Å². The van der Waals surface area contributed by atoms with Crippen LogP contribution in [0.3, 0.4) is 0 Å². The Labute approximate surface area is 173 Å². The summed E-state index contributed by atoms with van der Waals surface area (Å²) in [7, 11) is 1.82. The molecule has 1 aromatic carbocycles. The molecular formula is C23H31N5O. The molecule has 0 atom stereocenters. The highest BCUT2D eigenvalue weighted by molar-refractivity contribution is 5.85. The number of nitrogens with one attached hydrogen (secondary N) is 2. The van der Waals surface area contributed by atoms with Gasteiger partial charge in [-0.2, -0.15) is 0 Å². The standard InChI is InChI=1S/C23H31N5O/c1-3-24-22(27-18-23(13-14-23)19-9-5-4-6-10-19)26-17-21(29)28(2)16-12-20-11-7-8-15-25-20/h4-11,15H,3,12-14,16-18H2,1-2H3,(H2,24,26,27). The van der Waals surface area contributed by atoms with Crippen molar-refractivity contribution in [3.8, 4) is 0 Å². The number of aromatic nitrogens is 1. The van der Waals surface area contributed by atoms with Gasteiger partial charge in [-0.1, -0.05) is 36.4 Å². The first-order valence-electron chi connectivity index (χ1n) is 10.3. The van der Waals surface area contributed by atoms with Gasteiger partial charge in [0.25, 0.3) is 0 Å². The van der Waals surface area contributed by atoms with Gasteiger partial charge in [0.15, 0.2) is 5.96 Å². The lowest BCUT2D eigenvalue weighted by Crippen LogP contribution is -2.42. The zero-order valence-electron chi connectivity index (χ0n) is 17.4. The van der Waals surface area contributed by atoms with Crippen molar-refractivity contribution in [2.24, 2.45) is 4.99 Å². The molecule has 29 heavy (non-hydrogen) atoms. The first-order valence-corrected chi connectivity index (χ1v) is 10.3. The number of benzene rings is 1. The first kappa shape index (κ1) is 20.8. The highest BCUT2D eigenvalue weighted by atomic mass is 16.2. The number of likely N-dealkylation sites (N-methyl/N-ethyl adjacent to an activating group) is 1. The van der Waals surface area contributed by atoms with E-state index in [4.69, 9.17) is 0 Å². The van der Waals surface area contributed by atoms with E-state index in [0.717, 1.165) is 25.2 Å². The number of guanidine groups is 1. The van der Waals surface area contributed by atoms with Crippen LogP contribution in [0.1, 0.15) is 31.0 Å². The molecule has 1 aromatic heterocycles. The summed E-state index contributed by atoms with van der Waals surface area (Å²) in [6.45, 7) is 4.38. The number of nitrogens with zero attached hydrogens (tertiary/aromatic N) is 3. The van der Waals surface area contributed by atoms with Crippen LogP contribution in [0.4, 0.5) is 0 Å². The molecule has 0 aliphatic heterocycles. The summed E-state index contributed by atoms with van der Waals surface area (Å²) in [6, 6.07) is 16.5. The van der Waals surface area contributed by atoms with Crippen molar-refractivity contribution in [2.75, 3.05) is 33.2 Å². The maximum atomic E-state index is 12.5. The summed E-state index contributed by atoms with van der Waals surface area (Å²) in [5.74, 6) is 0.698. The average Bonchev–Trinajstić information content (AvgIpc) is 3.56. The molecule has 154 valence electrons. The van der Waals surface area contributed by atoms with Gasteiger partial charge < -0.3 is 15.5 Å². The van der Waals surface area contributed by atoms with E-state index in [-0.39, 0.29) is 17.9 Å². The minimum Gasteiger partial charge on any atom is -0.357 e. The van der Waals surface area contributed by atoms with Crippen LogP contribution in [0.2, 0.25) is 0 Å². The molecule has 0 bridgehead atoms. The second-order valence-electron chi connectivity index (χ2n) is 7.58. The molecule has 2 N–H and O–H groups in total. The van der Waals surface area contributed by atoms with E-state index < -0.39 is 0 Å². The molecule has 0 radical (unpaired) electrons. The first-order chi connectivity index (χ1) is 14.1. The molecule has 1 fully saturated rings. The van der Waals surface area contributed by atoms with Crippen LogP contribution in [0.25, 0.3) is 0 Å². The quantitative estimate of drug-likeness (QED) is 0.507. The van der Waals surface area contributed by atoms with Crippen molar-refractivity contribution >= 4 is 11.9 Å². The zero-order valence-corrected chi connectivity index (χ0v) is 17.4. The maximum absolute atomic E-state index is 12.5. The second kappa shape index (κ2) is 10.0. The van der Waals surface area contributed by atoms with Gasteiger partial charge in [0.2, 0.25) is 5.91 Å². The van der Waals surface area contributed by atoms with E-state index in [2.05, 4.69) is 50.9 Å². The number of amides is 1. The highest BCUT2D eigenvalue weighted by Crippen LogP contribution is 2.47. The minimum absolute atomic E-state index is 0.00216. The maximum Gasteiger partial charge on any atom is 0.244 e. The Morgan fingerprint density at radius 1 is 1.14 bits per heavy atom. The molecule has 1 amide bonds. The summed E-state index contributed by atoms with van der Waals surface area (Å²) in [6.07, 6.45) is 4.87. The largest absolute Gasteiger partial charge is 0.357 e. The number of carbonyl (C=O) groups is 1. The lowest BCUT2D eigenvalue weighted by Gasteiger charge is -2.20. The van der Waals surface area contributed by atoms with Crippen LogP contribution < -0.4 is 10.6 Å². The summed E-state index contributed by atoms with van der Waals surface area (Å²) >= 11 is 0. The van der Waals surface area contributed by atoms with E-state index in [1.54, 1.807) is 11.1 Å². The average molecular weight is 394 g/mol. The topological polar surface area (TPSA) is 69.6 Å². The molecule has 6 nitrogen and oxygen atoms in total. The molecule has 2 aromatic rings. The highest BCUT2D eigenvalue weighted by Gasteiger charge is 2.44. The molecule has 1 saturated carbocycles. The third-order valence-electron chi connectivity index (χ3n) is 5.41. The van der Waals surface area contributed by atoms with Crippen LogP contribution in [-0.4, -0.2) is 55.0 Å². The van der Waals surface area contributed by atoms with Crippen molar-refractivity contribution in [3.63, 3.8) is 0 Å². The van der Waals surface area contributed by atoms with Crippen LogP contribution in [-0.2, 0) is 16.6 Å². The molecule has 0 unspecified atom stereocenters. The lowest BCUT2D eigenvalue weighted by atomic mass is 9.96. The third-order valence-corrected chi connectivity index (χ3v) is 5.41. The number of rotatable bonds is 9. The van der Waals surface area contributed by atoms with Gasteiger partial charge in [-0.3, -0.25) is 9.78 Å². The predicted molar refractivity (Wildman–Crippen MR) is 117 cm³/mol.